The quantitative estimate of drug-likeness (QED) is 0.616. The van der Waals surface area contributed by atoms with Crippen molar-refractivity contribution < 1.29 is 23.5 Å². The third-order valence-electron chi connectivity index (χ3n) is 1.88. The molecule has 0 saturated carbocycles. The molecule has 0 aromatic heterocycles. The normalized spacial score (nSPS) is 9.82. The van der Waals surface area contributed by atoms with Gasteiger partial charge in [-0.3, -0.25) is 9.59 Å². The number of ether oxygens (including phenoxy) is 2. The van der Waals surface area contributed by atoms with Crippen LogP contribution in [0.5, 0.6) is 5.75 Å². The summed E-state index contributed by atoms with van der Waals surface area (Å²) < 4.78 is 21.9. The molecule has 92 valence electrons. The number of rotatable bonds is 4. The maximum absolute atomic E-state index is 12.7. The van der Waals surface area contributed by atoms with Crippen LogP contribution in [0, 0.1) is 5.82 Å². The molecule has 0 unspecified atom stereocenters. The van der Waals surface area contributed by atoms with Gasteiger partial charge < -0.3 is 9.47 Å². The highest BCUT2D eigenvalue weighted by molar-refractivity contribution is 6.32. The summed E-state index contributed by atoms with van der Waals surface area (Å²) in [6, 6.07) is 3.40. The fraction of sp³-hybridized carbons (Fsp3) is 0.273. The Morgan fingerprint density at radius 1 is 1.29 bits per heavy atom. The van der Waals surface area contributed by atoms with Crippen LogP contribution in [-0.2, 0) is 14.3 Å². The number of hydrogen-bond acceptors (Lipinski definition) is 4. The van der Waals surface area contributed by atoms with Gasteiger partial charge in [-0.05, 0) is 18.2 Å². The van der Waals surface area contributed by atoms with Crippen molar-refractivity contribution in [2.45, 2.75) is 12.8 Å². The van der Waals surface area contributed by atoms with Crippen LogP contribution in [-0.4, -0.2) is 19.0 Å². The molecule has 0 aliphatic carbocycles. The first-order chi connectivity index (χ1) is 8.02. The van der Waals surface area contributed by atoms with Crippen molar-refractivity contribution >= 4 is 23.5 Å². The lowest BCUT2D eigenvalue weighted by Gasteiger charge is -2.05. The molecule has 0 spiro atoms. The maximum atomic E-state index is 12.7. The minimum absolute atomic E-state index is 0.00332. The Hall–Kier alpha value is -1.62. The van der Waals surface area contributed by atoms with E-state index in [1.807, 2.05) is 0 Å². The summed E-state index contributed by atoms with van der Waals surface area (Å²) in [4.78, 5) is 22.1. The van der Waals surface area contributed by atoms with E-state index in [1.54, 1.807) is 0 Å². The number of halogens is 2. The van der Waals surface area contributed by atoms with Crippen molar-refractivity contribution in [2.75, 3.05) is 7.11 Å². The fourth-order valence-corrected chi connectivity index (χ4v) is 1.24. The second-order valence-electron chi connectivity index (χ2n) is 3.12. The van der Waals surface area contributed by atoms with E-state index in [-0.39, 0.29) is 23.6 Å². The van der Waals surface area contributed by atoms with E-state index in [0.29, 0.717) is 0 Å². The van der Waals surface area contributed by atoms with Crippen LogP contribution in [0.2, 0.25) is 5.02 Å². The Bertz CT molecular complexity index is 433. The zero-order valence-electron chi connectivity index (χ0n) is 9.04. The maximum Gasteiger partial charge on any atom is 0.311 e. The van der Waals surface area contributed by atoms with E-state index in [9.17, 15) is 14.0 Å². The van der Waals surface area contributed by atoms with Crippen LogP contribution in [0.15, 0.2) is 18.2 Å². The summed E-state index contributed by atoms with van der Waals surface area (Å²) in [5, 5.41) is -0.00332. The SMILES string of the molecule is COC(=O)CCC(=O)Oc1ccc(F)cc1Cl. The molecule has 0 aliphatic heterocycles. The summed E-state index contributed by atoms with van der Waals surface area (Å²) in [6.45, 7) is 0. The Labute approximate surface area is 102 Å². The van der Waals surface area contributed by atoms with E-state index in [0.717, 1.165) is 12.1 Å². The Kier molecular flexibility index (Phi) is 4.90. The molecule has 1 rings (SSSR count). The Balaban J connectivity index is 2.53. The van der Waals surface area contributed by atoms with Gasteiger partial charge in [0.25, 0.3) is 0 Å². The van der Waals surface area contributed by atoms with Crippen LogP contribution in [0.3, 0.4) is 0 Å². The fourth-order valence-electron chi connectivity index (χ4n) is 1.04. The number of carbonyl (C=O) groups excluding carboxylic acids is 2. The van der Waals surface area contributed by atoms with Crippen molar-refractivity contribution in [1.82, 2.24) is 0 Å². The summed E-state index contributed by atoms with van der Waals surface area (Å²) in [5.41, 5.74) is 0. The standard InChI is InChI=1S/C11H10ClFO4/c1-16-10(14)4-5-11(15)17-9-3-2-7(13)6-8(9)12/h2-3,6H,4-5H2,1H3. The number of carbonyl (C=O) groups is 2. The lowest BCUT2D eigenvalue weighted by atomic mass is 10.3. The average Bonchev–Trinajstić information content (AvgIpc) is 2.29. The lowest BCUT2D eigenvalue weighted by Crippen LogP contribution is -2.11. The zero-order valence-corrected chi connectivity index (χ0v) is 9.79. The van der Waals surface area contributed by atoms with Gasteiger partial charge in [-0.15, -0.1) is 0 Å². The predicted octanol–water partition coefficient (Wildman–Crippen LogP) is 2.34. The molecule has 0 heterocycles. The highest BCUT2D eigenvalue weighted by atomic mass is 35.5. The smallest absolute Gasteiger partial charge is 0.311 e. The molecule has 0 bridgehead atoms. The third-order valence-corrected chi connectivity index (χ3v) is 2.17. The molecular formula is C11H10ClFO4. The predicted molar refractivity (Wildman–Crippen MR) is 58.3 cm³/mol. The van der Waals surface area contributed by atoms with Gasteiger partial charge in [0.2, 0.25) is 0 Å². The monoisotopic (exact) mass is 260 g/mol. The second-order valence-corrected chi connectivity index (χ2v) is 3.53. The molecule has 1 aromatic rings. The van der Waals surface area contributed by atoms with E-state index in [1.165, 1.54) is 13.2 Å². The summed E-state index contributed by atoms with van der Waals surface area (Å²) >= 11 is 5.65. The molecule has 0 aliphatic rings. The first-order valence-electron chi connectivity index (χ1n) is 4.75. The lowest BCUT2D eigenvalue weighted by molar-refractivity contribution is -0.144. The van der Waals surface area contributed by atoms with Crippen molar-refractivity contribution in [3.05, 3.63) is 29.0 Å². The van der Waals surface area contributed by atoms with Crippen LogP contribution in [0.1, 0.15) is 12.8 Å². The van der Waals surface area contributed by atoms with Gasteiger partial charge in [-0.25, -0.2) is 4.39 Å². The highest BCUT2D eigenvalue weighted by Crippen LogP contribution is 2.25. The van der Waals surface area contributed by atoms with E-state index in [4.69, 9.17) is 16.3 Å². The molecule has 4 nitrogen and oxygen atoms in total. The number of methoxy groups -OCH3 is 1. The highest BCUT2D eigenvalue weighted by Gasteiger charge is 2.11. The molecule has 0 saturated heterocycles. The molecule has 0 atom stereocenters. The molecular weight excluding hydrogens is 251 g/mol. The van der Waals surface area contributed by atoms with Gasteiger partial charge >= 0.3 is 11.9 Å². The second kappa shape index (κ2) is 6.20. The van der Waals surface area contributed by atoms with Gasteiger partial charge in [0, 0.05) is 0 Å². The molecule has 0 amide bonds. The number of hydrogen-bond donors (Lipinski definition) is 0. The van der Waals surface area contributed by atoms with Crippen molar-refractivity contribution in [2.24, 2.45) is 0 Å². The van der Waals surface area contributed by atoms with Crippen LogP contribution >= 0.6 is 11.6 Å². The molecule has 17 heavy (non-hydrogen) atoms. The molecule has 0 radical (unpaired) electrons. The largest absolute Gasteiger partial charge is 0.469 e. The van der Waals surface area contributed by atoms with Crippen LogP contribution in [0.25, 0.3) is 0 Å². The minimum Gasteiger partial charge on any atom is -0.469 e. The van der Waals surface area contributed by atoms with Crippen molar-refractivity contribution in [3.63, 3.8) is 0 Å². The zero-order chi connectivity index (χ0) is 12.8. The van der Waals surface area contributed by atoms with Crippen LogP contribution < -0.4 is 4.74 Å². The molecule has 0 N–H and O–H groups in total. The third kappa shape index (κ3) is 4.40. The Morgan fingerprint density at radius 3 is 2.53 bits per heavy atom. The van der Waals surface area contributed by atoms with Gasteiger partial charge in [-0.2, -0.15) is 0 Å². The van der Waals surface area contributed by atoms with Gasteiger partial charge in [-0.1, -0.05) is 11.6 Å². The number of esters is 2. The molecule has 0 fully saturated rings. The van der Waals surface area contributed by atoms with Crippen molar-refractivity contribution in [3.8, 4) is 5.75 Å². The summed E-state index contributed by atoms with van der Waals surface area (Å²) in [7, 11) is 1.23. The van der Waals surface area contributed by atoms with Crippen molar-refractivity contribution in [1.29, 1.82) is 0 Å². The minimum atomic E-state index is -0.635. The van der Waals surface area contributed by atoms with E-state index >= 15 is 0 Å². The molecule has 1 aromatic carbocycles. The first kappa shape index (κ1) is 13.4. The van der Waals surface area contributed by atoms with E-state index < -0.39 is 17.8 Å². The average molecular weight is 261 g/mol. The Morgan fingerprint density at radius 2 is 1.94 bits per heavy atom. The summed E-state index contributed by atoms with van der Waals surface area (Å²) in [5.74, 6) is -1.61. The molecule has 6 heteroatoms. The van der Waals surface area contributed by atoms with Gasteiger partial charge in [0.1, 0.15) is 11.6 Å². The topological polar surface area (TPSA) is 52.6 Å². The summed E-state index contributed by atoms with van der Waals surface area (Å²) in [6.07, 6.45) is -0.200. The van der Waals surface area contributed by atoms with Crippen LogP contribution in [0.4, 0.5) is 4.39 Å². The first-order valence-corrected chi connectivity index (χ1v) is 5.13. The number of benzene rings is 1. The van der Waals surface area contributed by atoms with Gasteiger partial charge in [0.05, 0.1) is 25.0 Å². The van der Waals surface area contributed by atoms with E-state index in [2.05, 4.69) is 4.74 Å². The van der Waals surface area contributed by atoms with Gasteiger partial charge in [0.15, 0.2) is 0 Å².